The van der Waals surface area contributed by atoms with Crippen LogP contribution in [-0.2, 0) is 4.79 Å². The van der Waals surface area contributed by atoms with Gasteiger partial charge in [-0.2, -0.15) is 0 Å². The molecular formula is C32H46N2O2. The van der Waals surface area contributed by atoms with E-state index in [0.717, 1.165) is 48.9 Å². The van der Waals surface area contributed by atoms with Crippen LogP contribution in [-0.4, -0.2) is 15.9 Å². The van der Waals surface area contributed by atoms with E-state index in [0.29, 0.717) is 11.7 Å². The molecule has 196 valence electrons. The van der Waals surface area contributed by atoms with Crippen molar-refractivity contribution in [2.75, 3.05) is 0 Å². The minimum atomic E-state index is -0.0697. The SMILES string of the molecule is CCCCCC1CCC(C(=O)Oc2ccc(-c3ncc(C4CCC(CCCC)CC4)cn3)cc2)CC1. The molecule has 0 N–H and O–H groups in total. The summed E-state index contributed by atoms with van der Waals surface area (Å²) < 4.78 is 5.73. The lowest BCUT2D eigenvalue weighted by atomic mass is 9.78. The average molecular weight is 491 g/mol. The van der Waals surface area contributed by atoms with Crippen LogP contribution in [0.4, 0.5) is 0 Å². The molecule has 2 aliphatic rings. The summed E-state index contributed by atoms with van der Waals surface area (Å²) in [6.07, 6.45) is 22.8. The third kappa shape index (κ3) is 7.63. The number of rotatable bonds is 11. The fourth-order valence-electron chi connectivity index (χ4n) is 6.22. The van der Waals surface area contributed by atoms with Crippen molar-refractivity contribution in [3.63, 3.8) is 0 Å². The summed E-state index contributed by atoms with van der Waals surface area (Å²) in [7, 11) is 0. The molecule has 1 heterocycles. The molecule has 0 bridgehead atoms. The van der Waals surface area contributed by atoms with Crippen LogP contribution in [0.25, 0.3) is 11.4 Å². The maximum absolute atomic E-state index is 12.7. The standard InChI is InChI=1S/C32H46N2O2/c1-3-5-7-9-25-12-16-28(17-13-25)32(35)36-30-20-18-27(19-21-30)31-33-22-29(23-34-31)26-14-10-24(11-15-26)8-6-4-2/h18-26,28H,3-17H2,1-2H3. The van der Waals surface area contributed by atoms with Crippen LogP contribution in [0.3, 0.4) is 0 Å². The summed E-state index contributed by atoms with van der Waals surface area (Å²) in [5.74, 6) is 3.64. The van der Waals surface area contributed by atoms with Crippen LogP contribution in [0.15, 0.2) is 36.7 Å². The van der Waals surface area contributed by atoms with Crippen molar-refractivity contribution < 1.29 is 9.53 Å². The topological polar surface area (TPSA) is 52.1 Å². The third-order valence-corrected chi connectivity index (χ3v) is 8.68. The zero-order valence-electron chi connectivity index (χ0n) is 22.6. The molecule has 1 aromatic heterocycles. The molecule has 1 aromatic carbocycles. The van der Waals surface area contributed by atoms with Gasteiger partial charge in [-0.1, -0.05) is 58.8 Å². The molecule has 4 nitrogen and oxygen atoms in total. The minimum Gasteiger partial charge on any atom is -0.426 e. The quantitative estimate of drug-likeness (QED) is 0.179. The molecule has 0 saturated heterocycles. The number of aromatic nitrogens is 2. The predicted octanol–water partition coefficient (Wildman–Crippen LogP) is 8.90. The molecule has 4 heteroatoms. The monoisotopic (exact) mass is 490 g/mol. The molecule has 2 saturated carbocycles. The van der Waals surface area contributed by atoms with Crippen LogP contribution in [0, 0.1) is 17.8 Å². The Morgan fingerprint density at radius 3 is 1.97 bits per heavy atom. The van der Waals surface area contributed by atoms with Crippen molar-refractivity contribution in [2.45, 2.75) is 116 Å². The van der Waals surface area contributed by atoms with Crippen LogP contribution in [0.5, 0.6) is 5.75 Å². The minimum absolute atomic E-state index is 0.0460. The van der Waals surface area contributed by atoms with Gasteiger partial charge in [-0.3, -0.25) is 4.79 Å². The first kappa shape index (κ1) is 26.8. The number of hydrogen-bond donors (Lipinski definition) is 0. The van der Waals surface area contributed by atoms with Crippen LogP contribution < -0.4 is 4.74 Å². The van der Waals surface area contributed by atoms with Crippen molar-refractivity contribution in [3.05, 3.63) is 42.2 Å². The highest BCUT2D eigenvalue weighted by molar-refractivity contribution is 5.75. The number of nitrogens with zero attached hydrogens (tertiary/aromatic N) is 2. The van der Waals surface area contributed by atoms with Crippen molar-refractivity contribution >= 4 is 5.97 Å². The summed E-state index contributed by atoms with van der Waals surface area (Å²) in [5.41, 5.74) is 2.23. The van der Waals surface area contributed by atoms with E-state index in [1.165, 1.54) is 76.2 Å². The van der Waals surface area contributed by atoms with Gasteiger partial charge in [0.2, 0.25) is 0 Å². The molecule has 0 aliphatic heterocycles. The van der Waals surface area contributed by atoms with Gasteiger partial charge in [0.1, 0.15) is 5.75 Å². The molecule has 36 heavy (non-hydrogen) atoms. The molecule has 0 unspecified atom stereocenters. The van der Waals surface area contributed by atoms with Crippen molar-refractivity contribution in [2.24, 2.45) is 17.8 Å². The van der Waals surface area contributed by atoms with Gasteiger partial charge in [0.05, 0.1) is 5.92 Å². The second-order valence-electron chi connectivity index (χ2n) is 11.4. The van der Waals surface area contributed by atoms with Crippen molar-refractivity contribution in [3.8, 4) is 17.1 Å². The predicted molar refractivity (Wildman–Crippen MR) is 147 cm³/mol. The second kappa shape index (κ2) is 13.9. The van der Waals surface area contributed by atoms with E-state index in [2.05, 4.69) is 23.8 Å². The normalized spacial score (nSPS) is 24.4. The Kier molecular flexibility index (Phi) is 10.4. The maximum Gasteiger partial charge on any atom is 0.314 e. The summed E-state index contributed by atoms with van der Waals surface area (Å²) >= 11 is 0. The zero-order valence-corrected chi connectivity index (χ0v) is 22.6. The Labute approximate surface area is 218 Å². The van der Waals surface area contributed by atoms with E-state index in [9.17, 15) is 4.79 Å². The fraction of sp³-hybridized carbons (Fsp3) is 0.656. The van der Waals surface area contributed by atoms with E-state index < -0.39 is 0 Å². The van der Waals surface area contributed by atoms with Gasteiger partial charge in [-0.25, -0.2) is 9.97 Å². The lowest BCUT2D eigenvalue weighted by molar-refractivity contribution is -0.140. The Morgan fingerprint density at radius 1 is 0.778 bits per heavy atom. The maximum atomic E-state index is 12.7. The van der Waals surface area contributed by atoms with E-state index in [1.807, 2.05) is 36.7 Å². The van der Waals surface area contributed by atoms with E-state index in [-0.39, 0.29) is 11.9 Å². The highest BCUT2D eigenvalue weighted by Crippen LogP contribution is 2.37. The summed E-state index contributed by atoms with van der Waals surface area (Å²) in [5, 5.41) is 0. The summed E-state index contributed by atoms with van der Waals surface area (Å²) in [6.45, 7) is 4.54. The molecule has 0 radical (unpaired) electrons. The van der Waals surface area contributed by atoms with Crippen LogP contribution in [0.1, 0.15) is 122 Å². The Balaban J connectivity index is 1.24. The first-order chi connectivity index (χ1) is 17.7. The lowest BCUT2D eigenvalue weighted by Gasteiger charge is -2.28. The Morgan fingerprint density at radius 2 is 1.36 bits per heavy atom. The molecule has 0 spiro atoms. The van der Waals surface area contributed by atoms with Crippen LogP contribution in [0.2, 0.25) is 0 Å². The Bertz CT molecular complexity index is 908. The van der Waals surface area contributed by atoms with Gasteiger partial charge < -0.3 is 4.74 Å². The number of carbonyl (C=O) groups excluding carboxylic acids is 1. The van der Waals surface area contributed by atoms with E-state index in [4.69, 9.17) is 4.74 Å². The third-order valence-electron chi connectivity index (χ3n) is 8.68. The van der Waals surface area contributed by atoms with Gasteiger partial charge in [0.15, 0.2) is 5.82 Å². The number of ether oxygens (including phenoxy) is 1. The zero-order chi connectivity index (χ0) is 25.2. The molecular weight excluding hydrogens is 444 g/mol. The number of hydrogen-bond acceptors (Lipinski definition) is 4. The summed E-state index contributed by atoms with van der Waals surface area (Å²) in [4.78, 5) is 22.0. The van der Waals surface area contributed by atoms with Crippen molar-refractivity contribution in [1.29, 1.82) is 0 Å². The first-order valence-electron chi connectivity index (χ1n) is 14.8. The van der Waals surface area contributed by atoms with Gasteiger partial charge >= 0.3 is 5.97 Å². The van der Waals surface area contributed by atoms with Gasteiger partial charge in [0.25, 0.3) is 0 Å². The van der Waals surface area contributed by atoms with Gasteiger partial charge in [0, 0.05) is 18.0 Å². The Hall–Kier alpha value is -2.23. The lowest BCUT2D eigenvalue weighted by Crippen LogP contribution is -2.25. The molecule has 4 rings (SSSR count). The number of esters is 1. The fourth-order valence-corrected chi connectivity index (χ4v) is 6.22. The largest absolute Gasteiger partial charge is 0.426 e. The second-order valence-corrected chi connectivity index (χ2v) is 11.4. The van der Waals surface area contributed by atoms with Crippen molar-refractivity contribution in [1.82, 2.24) is 9.97 Å². The smallest absolute Gasteiger partial charge is 0.314 e. The molecule has 0 atom stereocenters. The van der Waals surface area contributed by atoms with E-state index >= 15 is 0 Å². The van der Waals surface area contributed by atoms with E-state index in [1.54, 1.807) is 0 Å². The summed E-state index contributed by atoms with van der Waals surface area (Å²) in [6, 6.07) is 7.67. The number of unbranched alkanes of at least 4 members (excludes halogenated alkanes) is 3. The molecule has 2 aliphatic carbocycles. The first-order valence-corrected chi connectivity index (χ1v) is 14.8. The van der Waals surface area contributed by atoms with Gasteiger partial charge in [-0.05, 0) is 98.9 Å². The number of carbonyl (C=O) groups is 1. The highest BCUT2D eigenvalue weighted by Gasteiger charge is 2.27. The highest BCUT2D eigenvalue weighted by atomic mass is 16.5. The molecule has 0 amide bonds. The van der Waals surface area contributed by atoms with Crippen LogP contribution >= 0.6 is 0 Å². The average Bonchev–Trinajstić information content (AvgIpc) is 2.93. The number of benzene rings is 1. The molecule has 2 aromatic rings. The molecule has 2 fully saturated rings. The van der Waals surface area contributed by atoms with Gasteiger partial charge in [-0.15, -0.1) is 0 Å².